The van der Waals surface area contributed by atoms with E-state index >= 15 is 0 Å². The van der Waals surface area contributed by atoms with Crippen molar-refractivity contribution >= 4 is 11.4 Å². The lowest BCUT2D eigenvalue weighted by atomic mass is 10.2. The quantitative estimate of drug-likeness (QED) is 0.668. The molecular weight excluding hydrogens is 384 g/mol. The van der Waals surface area contributed by atoms with E-state index in [1.807, 2.05) is 24.3 Å². The van der Waals surface area contributed by atoms with Crippen LogP contribution in [0.3, 0.4) is 0 Å². The smallest absolute Gasteiger partial charge is 0.129 e. The lowest BCUT2D eigenvalue weighted by Crippen LogP contribution is -2.22. The molecule has 0 atom stereocenters. The van der Waals surface area contributed by atoms with E-state index in [1.165, 1.54) is 11.4 Å². The largest absolute Gasteiger partial charge is 0.457 e. The van der Waals surface area contributed by atoms with Gasteiger partial charge in [0.05, 0.1) is 24.7 Å². The Morgan fingerprint density at radius 3 is 1.58 bits per heavy atom. The molecule has 5 nitrogen and oxygen atoms in total. The summed E-state index contributed by atoms with van der Waals surface area (Å²) >= 11 is 0. The number of ether oxygens (including phenoxy) is 1. The second kappa shape index (κ2) is 7.29. The standard InChI is InChI=1S/C26H22N4O/c1-3-13-27-19-29(17-23(27)7-1)21-9-5-11-25(15-21)31-26-12-6-10-22(16-26)30-18-24-8-2-4-14-28(24)20-30/h1-18H,19-20H2. The average Bonchev–Trinajstić information content (AvgIpc) is 3.44. The van der Waals surface area contributed by atoms with Gasteiger partial charge in [0.1, 0.15) is 11.5 Å². The van der Waals surface area contributed by atoms with Crippen LogP contribution in [-0.4, -0.2) is 23.1 Å². The maximum absolute atomic E-state index is 6.24. The molecule has 2 aromatic carbocycles. The molecule has 6 rings (SSSR count). The van der Waals surface area contributed by atoms with E-state index in [0.717, 1.165) is 36.2 Å². The van der Waals surface area contributed by atoms with Crippen LogP contribution in [0.4, 0.5) is 11.4 Å². The van der Waals surface area contributed by atoms with Crippen LogP contribution < -0.4 is 14.5 Å². The van der Waals surface area contributed by atoms with E-state index in [-0.39, 0.29) is 0 Å². The summed E-state index contributed by atoms with van der Waals surface area (Å²) in [5.41, 5.74) is 4.61. The molecule has 4 aliphatic rings. The first-order chi connectivity index (χ1) is 15.3. The van der Waals surface area contributed by atoms with Crippen molar-refractivity contribution in [3.05, 3.63) is 121 Å². The van der Waals surface area contributed by atoms with Crippen molar-refractivity contribution in [1.82, 2.24) is 9.80 Å². The van der Waals surface area contributed by atoms with E-state index in [4.69, 9.17) is 4.74 Å². The number of rotatable bonds is 4. The van der Waals surface area contributed by atoms with Crippen molar-refractivity contribution in [2.75, 3.05) is 23.1 Å². The highest BCUT2D eigenvalue weighted by molar-refractivity contribution is 5.59. The van der Waals surface area contributed by atoms with Crippen LogP contribution in [0.2, 0.25) is 0 Å². The van der Waals surface area contributed by atoms with Crippen molar-refractivity contribution in [1.29, 1.82) is 0 Å². The fraction of sp³-hybridized carbons (Fsp3) is 0.0769. The van der Waals surface area contributed by atoms with Gasteiger partial charge in [-0.15, -0.1) is 0 Å². The van der Waals surface area contributed by atoms with Crippen molar-refractivity contribution in [2.24, 2.45) is 0 Å². The lowest BCUT2D eigenvalue weighted by Gasteiger charge is -2.21. The van der Waals surface area contributed by atoms with Gasteiger partial charge in [-0.05, 0) is 48.6 Å². The van der Waals surface area contributed by atoms with E-state index in [0.29, 0.717) is 0 Å². The molecule has 0 N–H and O–H groups in total. The first-order valence-corrected chi connectivity index (χ1v) is 10.4. The Morgan fingerprint density at radius 2 is 1.10 bits per heavy atom. The highest BCUT2D eigenvalue weighted by Crippen LogP contribution is 2.33. The summed E-state index contributed by atoms with van der Waals surface area (Å²) in [5.74, 6) is 1.65. The molecule has 0 bridgehead atoms. The molecule has 0 unspecified atom stereocenters. The monoisotopic (exact) mass is 406 g/mol. The van der Waals surface area contributed by atoms with Gasteiger partial charge in [0.25, 0.3) is 0 Å². The van der Waals surface area contributed by atoms with Gasteiger partial charge in [-0.25, -0.2) is 0 Å². The zero-order valence-corrected chi connectivity index (χ0v) is 17.0. The molecule has 0 radical (unpaired) electrons. The molecular formula is C26H22N4O. The third kappa shape index (κ3) is 3.40. The molecule has 0 amide bonds. The van der Waals surface area contributed by atoms with Gasteiger partial charge >= 0.3 is 0 Å². The SMILES string of the molecule is C1=CC2=CN(c3cccc(Oc4cccc(N5C=C6C=CC=CN6C5)c4)c3)CN2C=C1. The minimum Gasteiger partial charge on any atom is -0.457 e. The highest BCUT2D eigenvalue weighted by Gasteiger charge is 2.21. The van der Waals surface area contributed by atoms with Gasteiger partial charge in [-0.1, -0.05) is 24.3 Å². The summed E-state index contributed by atoms with van der Waals surface area (Å²) in [6, 6.07) is 16.5. The van der Waals surface area contributed by atoms with E-state index < -0.39 is 0 Å². The number of hydrogen-bond donors (Lipinski definition) is 0. The second-order valence-corrected chi connectivity index (χ2v) is 7.77. The maximum atomic E-state index is 6.24. The third-order valence-corrected chi connectivity index (χ3v) is 5.67. The van der Waals surface area contributed by atoms with Crippen molar-refractivity contribution in [2.45, 2.75) is 0 Å². The van der Waals surface area contributed by atoms with Gasteiger partial charge in [-0.3, -0.25) is 0 Å². The summed E-state index contributed by atoms with van der Waals surface area (Å²) in [6.07, 6.45) is 21.0. The molecule has 31 heavy (non-hydrogen) atoms. The Hall–Kier alpha value is -4.12. The highest BCUT2D eigenvalue weighted by atomic mass is 16.5. The van der Waals surface area contributed by atoms with Gasteiger partial charge in [-0.2, -0.15) is 0 Å². The average molecular weight is 406 g/mol. The Kier molecular flexibility index (Phi) is 4.17. The molecule has 0 fully saturated rings. The van der Waals surface area contributed by atoms with Crippen LogP contribution in [0.25, 0.3) is 0 Å². The maximum Gasteiger partial charge on any atom is 0.129 e. The molecule has 4 heterocycles. The zero-order valence-electron chi connectivity index (χ0n) is 17.0. The van der Waals surface area contributed by atoms with Crippen LogP contribution in [0.1, 0.15) is 0 Å². The number of allylic oxidation sites excluding steroid dienone is 6. The Labute approximate surface area is 182 Å². The fourth-order valence-electron chi connectivity index (χ4n) is 4.10. The summed E-state index contributed by atoms with van der Waals surface area (Å²) < 4.78 is 6.24. The first kappa shape index (κ1) is 17.7. The third-order valence-electron chi connectivity index (χ3n) is 5.67. The van der Waals surface area contributed by atoms with Crippen LogP contribution in [0, 0.1) is 0 Å². The Bertz CT molecular complexity index is 1110. The topological polar surface area (TPSA) is 22.2 Å². The van der Waals surface area contributed by atoms with E-state index in [9.17, 15) is 0 Å². The fourth-order valence-corrected chi connectivity index (χ4v) is 4.10. The summed E-state index contributed by atoms with van der Waals surface area (Å²) in [5, 5.41) is 0. The minimum atomic E-state index is 0.804. The number of benzene rings is 2. The predicted octanol–water partition coefficient (Wildman–Crippen LogP) is 5.49. The van der Waals surface area contributed by atoms with E-state index in [1.54, 1.807) is 0 Å². The molecule has 5 heteroatoms. The Balaban J connectivity index is 1.20. The van der Waals surface area contributed by atoms with Gasteiger partial charge in [0, 0.05) is 48.3 Å². The second-order valence-electron chi connectivity index (χ2n) is 7.77. The van der Waals surface area contributed by atoms with Crippen LogP contribution in [0.15, 0.2) is 121 Å². The van der Waals surface area contributed by atoms with Gasteiger partial charge < -0.3 is 24.3 Å². The van der Waals surface area contributed by atoms with Gasteiger partial charge in [0.15, 0.2) is 0 Å². The molecule has 0 saturated carbocycles. The van der Waals surface area contributed by atoms with Crippen LogP contribution in [0.5, 0.6) is 11.5 Å². The molecule has 4 aliphatic heterocycles. The number of fused-ring (bicyclic) bond motifs is 2. The lowest BCUT2D eigenvalue weighted by molar-refractivity contribution is 0.481. The molecule has 0 spiro atoms. The Morgan fingerprint density at radius 1 is 0.581 bits per heavy atom. The summed E-state index contributed by atoms with van der Waals surface area (Å²) in [7, 11) is 0. The van der Waals surface area contributed by atoms with Crippen LogP contribution in [-0.2, 0) is 0 Å². The molecule has 152 valence electrons. The zero-order chi connectivity index (χ0) is 20.6. The van der Waals surface area contributed by atoms with E-state index in [2.05, 4.69) is 105 Å². The first-order valence-electron chi connectivity index (χ1n) is 10.4. The normalized spacial score (nSPS) is 18.3. The number of nitrogens with zero attached hydrogens (tertiary/aromatic N) is 4. The van der Waals surface area contributed by atoms with Crippen LogP contribution >= 0.6 is 0 Å². The van der Waals surface area contributed by atoms with Crippen molar-refractivity contribution < 1.29 is 4.74 Å². The van der Waals surface area contributed by atoms with Crippen molar-refractivity contribution in [3.63, 3.8) is 0 Å². The van der Waals surface area contributed by atoms with Gasteiger partial charge in [0.2, 0.25) is 0 Å². The summed E-state index contributed by atoms with van der Waals surface area (Å²) in [6.45, 7) is 1.61. The molecule has 0 aromatic heterocycles. The molecule has 0 aliphatic carbocycles. The molecule has 2 aromatic rings. The summed E-state index contributed by atoms with van der Waals surface area (Å²) in [4.78, 5) is 8.90. The van der Waals surface area contributed by atoms with Crippen molar-refractivity contribution in [3.8, 4) is 11.5 Å². The number of anilines is 2. The predicted molar refractivity (Wildman–Crippen MR) is 124 cm³/mol. The number of hydrogen-bond acceptors (Lipinski definition) is 5. The molecule has 0 saturated heterocycles. The minimum absolute atomic E-state index is 0.804.